The van der Waals surface area contributed by atoms with Crippen molar-refractivity contribution in [2.45, 2.75) is 52.0 Å². The molecule has 0 aliphatic heterocycles. The van der Waals surface area contributed by atoms with E-state index in [1.165, 1.54) is 12.8 Å². The standard InChI is InChI=1S/C15H24N4O/c1-3-7-16-14-10-17-13(9-18-14)15(20)19-12-6-4-5-11(2)8-12/h9-12H,3-8H2,1-2H3,(H,16,18)(H,19,20). The molecule has 1 heterocycles. The van der Waals surface area contributed by atoms with Crippen molar-refractivity contribution in [3.63, 3.8) is 0 Å². The third-order valence-electron chi connectivity index (χ3n) is 3.71. The average Bonchev–Trinajstić information content (AvgIpc) is 2.45. The highest BCUT2D eigenvalue weighted by Crippen LogP contribution is 2.23. The van der Waals surface area contributed by atoms with E-state index in [0.717, 1.165) is 31.6 Å². The van der Waals surface area contributed by atoms with Crippen molar-refractivity contribution >= 4 is 11.7 Å². The van der Waals surface area contributed by atoms with Gasteiger partial charge in [0.15, 0.2) is 0 Å². The van der Waals surface area contributed by atoms with Gasteiger partial charge in [-0.05, 0) is 25.2 Å². The Hall–Kier alpha value is -1.65. The molecule has 2 N–H and O–H groups in total. The second-order valence-corrected chi connectivity index (χ2v) is 5.66. The second kappa shape index (κ2) is 7.22. The van der Waals surface area contributed by atoms with E-state index >= 15 is 0 Å². The molecule has 0 radical (unpaired) electrons. The number of aromatic nitrogens is 2. The van der Waals surface area contributed by atoms with E-state index in [-0.39, 0.29) is 11.9 Å². The Bertz CT molecular complexity index is 432. The molecule has 1 aliphatic carbocycles. The molecule has 1 saturated carbocycles. The van der Waals surface area contributed by atoms with E-state index in [2.05, 4.69) is 34.4 Å². The van der Waals surface area contributed by atoms with Gasteiger partial charge in [0.1, 0.15) is 11.5 Å². The topological polar surface area (TPSA) is 66.9 Å². The predicted octanol–water partition coefficient (Wildman–Crippen LogP) is 2.61. The summed E-state index contributed by atoms with van der Waals surface area (Å²) < 4.78 is 0. The number of carbonyl (C=O) groups is 1. The molecule has 1 fully saturated rings. The Morgan fingerprint density at radius 3 is 2.85 bits per heavy atom. The number of anilines is 1. The molecule has 1 amide bonds. The molecule has 2 unspecified atom stereocenters. The molecule has 2 rings (SSSR count). The Morgan fingerprint density at radius 2 is 2.20 bits per heavy atom. The summed E-state index contributed by atoms with van der Waals surface area (Å²) in [5.41, 5.74) is 0.394. The van der Waals surface area contributed by atoms with Crippen molar-refractivity contribution < 1.29 is 4.79 Å². The molecular weight excluding hydrogens is 252 g/mol. The largest absolute Gasteiger partial charge is 0.369 e. The summed E-state index contributed by atoms with van der Waals surface area (Å²) in [4.78, 5) is 20.5. The minimum absolute atomic E-state index is 0.112. The number of carbonyl (C=O) groups excluding carboxylic acids is 1. The van der Waals surface area contributed by atoms with Crippen LogP contribution in [0.5, 0.6) is 0 Å². The van der Waals surface area contributed by atoms with Crippen molar-refractivity contribution in [2.24, 2.45) is 5.92 Å². The molecule has 1 aliphatic rings. The predicted molar refractivity (Wildman–Crippen MR) is 79.7 cm³/mol. The monoisotopic (exact) mass is 276 g/mol. The van der Waals surface area contributed by atoms with Crippen LogP contribution in [-0.2, 0) is 0 Å². The van der Waals surface area contributed by atoms with Crippen LogP contribution in [0.25, 0.3) is 0 Å². The highest BCUT2D eigenvalue weighted by atomic mass is 16.1. The lowest BCUT2D eigenvalue weighted by Gasteiger charge is -2.27. The summed E-state index contributed by atoms with van der Waals surface area (Å²) in [6.07, 6.45) is 8.79. The summed E-state index contributed by atoms with van der Waals surface area (Å²) in [5.74, 6) is 1.30. The second-order valence-electron chi connectivity index (χ2n) is 5.66. The molecule has 20 heavy (non-hydrogen) atoms. The van der Waals surface area contributed by atoms with E-state index in [4.69, 9.17) is 0 Å². The quantitative estimate of drug-likeness (QED) is 0.867. The van der Waals surface area contributed by atoms with Crippen molar-refractivity contribution in [1.82, 2.24) is 15.3 Å². The average molecular weight is 276 g/mol. The van der Waals surface area contributed by atoms with Crippen molar-refractivity contribution in [1.29, 1.82) is 0 Å². The van der Waals surface area contributed by atoms with Gasteiger partial charge in [-0.15, -0.1) is 0 Å². The first-order valence-electron chi connectivity index (χ1n) is 7.55. The van der Waals surface area contributed by atoms with Gasteiger partial charge in [-0.25, -0.2) is 9.97 Å². The lowest BCUT2D eigenvalue weighted by molar-refractivity contribution is 0.0916. The first kappa shape index (κ1) is 14.8. The van der Waals surface area contributed by atoms with E-state index in [9.17, 15) is 4.79 Å². The normalized spacial score (nSPS) is 22.3. The Labute approximate surface area is 120 Å². The van der Waals surface area contributed by atoms with Crippen molar-refractivity contribution in [2.75, 3.05) is 11.9 Å². The third kappa shape index (κ3) is 4.18. The van der Waals surface area contributed by atoms with Gasteiger partial charge in [0.25, 0.3) is 5.91 Å². The van der Waals surface area contributed by atoms with Crippen LogP contribution in [0.15, 0.2) is 12.4 Å². The van der Waals surface area contributed by atoms with Crippen LogP contribution in [0.3, 0.4) is 0 Å². The molecular formula is C15H24N4O. The van der Waals surface area contributed by atoms with E-state index in [0.29, 0.717) is 11.6 Å². The number of nitrogens with zero attached hydrogens (tertiary/aromatic N) is 2. The van der Waals surface area contributed by atoms with E-state index in [1.54, 1.807) is 12.4 Å². The smallest absolute Gasteiger partial charge is 0.271 e. The van der Waals surface area contributed by atoms with Crippen LogP contribution >= 0.6 is 0 Å². The summed E-state index contributed by atoms with van der Waals surface area (Å²) in [7, 11) is 0. The lowest BCUT2D eigenvalue weighted by atomic mass is 9.87. The minimum Gasteiger partial charge on any atom is -0.369 e. The highest BCUT2D eigenvalue weighted by Gasteiger charge is 2.21. The Kier molecular flexibility index (Phi) is 5.32. The zero-order valence-electron chi connectivity index (χ0n) is 12.4. The maximum atomic E-state index is 12.1. The van der Waals surface area contributed by atoms with Gasteiger partial charge in [0.2, 0.25) is 0 Å². The highest BCUT2D eigenvalue weighted by molar-refractivity contribution is 5.92. The summed E-state index contributed by atoms with van der Waals surface area (Å²) in [6.45, 7) is 5.19. The van der Waals surface area contributed by atoms with E-state index < -0.39 is 0 Å². The van der Waals surface area contributed by atoms with Crippen LogP contribution < -0.4 is 10.6 Å². The Morgan fingerprint density at radius 1 is 1.35 bits per heavy atom. The SMILES string of the molecule is CCCNc1cnc(C(=O)NC2CCCC(C)C2)cn1. The molecule has 1 aromatic rings. The summed E-state index contributed by atoms with van der Waals surface area (Å²) in [5, 5.41) is 6.21. The molecule has 1 aromatic heterocycles. The molecule has 0 saturated heterocycles. The van der Waals surface area contributed by atoms with Gasteiger partial charge in [0, 0.05) is 12.6 Å². The number of rotatable bonds is 5. The molecule has 2 atom stereocenters. The fourth-order valence-electron chi connectivity index (χ4n) is 2.61. The summed E-state index contributed by atoms with van der Waals surface area (Å²) in [6, 6.07) is 0.283. The van der Waals surface area contributed by atoms with Gasteiger partial charge in [-0.3, -0.25) is 4.79 Å². The van der Waals surface area contributed by atoms with Crippen LogP contribution in [0, 0.1) is 5.92 Å². The molecule has 110 valence electrons. The number of amides is 1. The van der Waals surface area contributed by atoms with Gasteiger partial charge < -0.3 is 10.6 Å². The number of hydrogen-bond donors (Lipinski definition) is 2. The number of hydrogen-bond acceptors (Lipinski definition) is 4. The van der Waals surface area contributed by atoms with Crippen LogP contribution in [-0.4, -0.2) is 28.5 Å². The fourth-order valence-corrected chi connectivity index (χ4v) is 2.61. The first-order chi connectivity index (χ1) is 9.69. The van der Waals surface area contributed by atoms with Crippen molar-refractivity contribution in [3.8, 4) is 0 Å². The zero-order valence-corrected chi connectivity index (χ0v) is 12.4. The molecule has 5 nitrogen and oxygen atoms in total. The molecule has 0 aromatic carbocycles. The molecule has 0 spiro atoms. The lowest BCUT2D eigenvalue weighted by Crippen LogP contribution is -2.38. The third-order valence-corrected chi connectivity index (χ3v) is 3.71. The Balaban J connectivity index is 1.88. The van der Waals surface area contributed by atoms with Crippen LogP contribution in [0.4, 0.5) is 5.82 Å². The first-order valence-corrected chi connectivity index (χ1v) is 7.55. The van der Waals surface area contributed by atoms with E-state index in [1.807, 2.05) is 0 Å². The molecule has 5 heteroatoms. The van der Waals surface area contributed by atoms with Crippen molar-refractivity contribution in [3.05, 3.63) is 18.1 Å². The zero-order chi connectivity index (χ0) is 14.4. The maximum Gasteiger partial charge on any atom is 0.271 e. The van der Waals surface area contributed by atoms with Crippen LogP contribution in [0.2, 0.25) is 0 Å². The molecule has 0 bridgehead atoms. The van der Waals surface area contributed by atoms with Crippen LogP contribution in [0.1, 0.15) is 56.4 Å². The minimum atomic E-state index is -0.112. The summed E-state index contributed by atoms with van der Waals surface area (Å²) >= 11 is 0. The van der Waals surface area contributed by atoms with Gasteiger partial charge in [0.05, 0.1) is 12.4 Å². The maximum absolute atomic E-state index is 12.1. The van der Waals surface area contributed by atoms with Gasteiger partial charge in [-0.2, -0.15) is 0 Å². The van der Waals surface area contributed by atoms with Gasteiger partial charge in [-0.1, -0.05) is 26.7 Å². The van der Waals surface area contributed by atoms with Gasteiger partial charge >= 0.3 is 0 Å². The fraction of sp³-hybridized carbons (Fsp3) is 0.667. The number of nitrogens with one attached hydrogen (secondary N) is 2.